The summed E-state index contributed by atoms with van der Waals surface area (Å²) in [6.45, 7) is -0.371. The molecule has 138 valence electrons. The second kappa shape index (κ2) is 6.65. The molecule has 4 rings (SSSR count). The molecule has 24 heavy (non-hydrogen) atoms. The van der Waals surface area contributed by atoms with E-state index in [-0.39, 0.29) is 13.2 Å². The third-order valence-corrected chi connectivity index (χ3v) is 5.60. The third-order valence-electron chi connectivity index (χ3n) is 5.11. The van der Waals surface area contributed by atoms with Gasteiger partial charge in [-0.05, 0) is 43.9 Å². The SMILES string of the molecule is O=C(OCCOC12CC3CC(CC(O)(C3)C1)C2)C(F)(F)SOO[O-]. The molecule has 0 radical (unpaired) electrons. The maximum atomic E-state index is 13.2. The lowest BCUT2D eigenvalue weighted by Gasteiger charge is -2.59. The topological polar surface area (TPSA) is 97.3 Å². The van der Waals surface area contributed by atoms with Gasteiger partial charge in [-0.3, -0.25) is 5.04 Å². The van der Waals surface area contributed by atoms with E-state index < -0.39 is 34.5 Å². The van der Waals surface area contributed by atoms with Gasteiger partial charge in [0.1, 0.15) is 18.6 Å². The zero-order valence-corrected chi connectivity index (χ0v) is 13.7. The van der Waals surface area contributed by atoms with Crippen LogP contribution in [0.2, 0.25) is 0 Å². The van der Waals surface area contributed by atoms with Gasteiger partial charge in [0.15, 0.2) is 0 Å². The molecule has 2 atom stereocenters. The zero-order chi connectivity index (χ0) is 17.4. The molecule has 4 saturated carbocycles. The lowest BCUT2D eigenvalue weighted by Crippen LogP contribution is -2.60. The molecule has 4 bridgehead atoms. The monoisotopic (exact) mass is 369 g/mol. The first-order chi connectivity index (χ1) is 11.3. The highest BCUT2D eigenvalue weighted by Gasteiger charge is 2.57. The molecule has 0 aliphatic heterocycles. The number of esters is 1. The van der Waals surface area contributed by atoms with Crippen molar-refractivity contribution in [2.75, 3.05) is 13.2 Å². The van der Waals surface area contributed by atoms with Crippen molar-refractivity contribution in [1.82, 2.24) is 0 Å². The summed E-state index contributed by atoms with van der Waals surface area (Å²) in [6, 6.07) is 0. The first-order valence-electron chi connectivity index (χ1n) is 7.82. The summed E-state index contributed by atoms with van der Waals surface area (Å²) in [7, 11) is 0. The van der Waals surface area contributed by atoms with E-state index in [1.807, 2.05) is 0 Å². The number of carbonyl (C=O) groups is 1. The fourth-order valence-corrected chi connectivity index (χ4v) is 5.11. The van der Waals surface area contributed by atoms with Gasteiger partial charge in [-0.1, -0.05) is 0 Å². The van der Waals surface area contributed by atoms with Gasteiger partial charge in [-0.25, -0.2) is 4.79 Å². The standard InChI is InChI=1S/C14H20F2O7S/c15-14(16,24-23-22-19)11(17)20-1-2-21-13-6-9-3-10(7-13)5-12(18,4-9)8-13/h9-10,18-19H,1-8H2/p-1. The van der Waals surface area contributed by atoms with Crippen molar-refractivity contribution in [3.63, 3.8) is 0 Å². The largest absolute Gasteiger partial charge is 0.691 e. The molecule has 0 aromatic heterocycles. The second-order valence-electron chi connectivity index (χ2n) is 7.09. The van der Waals surface area contributed by atoms with E-state index in [4.69, 9.17) is 4.74 Å². The minimum atomic E-state index is -4.04. The quantitative estimate of drug-likeness (QED) is 0.223. The van der Waals surface area contributed by atoms with Crippen LogP contribution in [0, 0.1) is 11.8 Å². The van der Waals surface area contributed by atoms with Crippen LogP contribution in [0.1, 0.15) is 38.5 Å². The van der Waals surface area contributed by atoms with E-state index in [0.717, 1.165) is 32.1 Å². The molecule has 2 unspecified atom stereocenters. The van der Waals surface area contributed by atoms with E-state index in [1.165, 1.54) is 0 Å². The van der Waals surface area contributed by atoms with Crippen molar-refractivity contribution in [1.29, 1.82) is 0 Å². The number of hydrogen-bond donors (Lipinski definition) is 1. The van der Waals surface area contributed by atoms with Crippen molar-refractivity contribution < 1.29 is 42.8 Å². The molecule has 4 aliphatic carbocycles. The summed E-state index contributed by atoms with van der Waals surface area (Å²) >= 11 is -0.725. The molecule has 0 aromatic carbocycles. The molecule has 0 amide bonds. The Labute approximate surface area is 141 Å². The first kappa shape index (κ1) is 18.3. The van der Waals surface area contributed by atoms with Crippen LogP contribution in [0.15, 0.2) is 0 Å². The van der Waals surface area contributed by atoms with Crippen molar-refractivity contribution in [2.24, 2.45) is 11.8 Å². The summed E-state index contributed by atoms with van der Waals surface area (Å²) in [5.74, 6) is -0.968. The highest BCUT2D eigenvalue weighted by atomic mass is 32.2. The average molecular weight is 369 g/mol. The molecule has 0 spiro atoms. The van der Waals surface area contributed by atoms with Crippen molar-refractivity contribution >= 4 is 18.0 Å². The fraction of sp³-hybridized carbons (Fsp3) is 0.929. The van der Waals surface area contributed by atoms with E-state index >= 15 is 0 Å². The van der Waals surface area contributed by atoms with Crippen LogP contribution < -0.4 is 5.26 Å². The van der Waals surface area contributed by atoms with Crippen LogP contribution in [-0.2, 0) is 23.6 Å². The maximum absolute atomic E-state index is 13.2. The highest BCUT2D eigenvalue weighted by Crippen LogP contribution is 2.58. The summed E-state index contributed by atoms with van der Waals surface area (Å²) in [4.78, 5) is 11.2. The van der Waals surface area contributed by atoms with Gasteiger partial charge in [0.2, 0.25) is 0 Å². The van der Waals surface area contributed by atoms with Gasteiger partial charge in [-0.2, -0.15) is 13.1 Å². The van der Waals surface area contributed by atoms with Gasteiger partial charge in [0.05, 0.1) is 17.8 Å². The number of ether oxygens (including phenoxy) is 2. The van der Waals surface area contributed by atoms with Gasteiger partial charge < -0.3 is 19.8 Å². The predicted molar refractivity (Wildman–Crippen MR) is 74.0 cm³/mol. The van der Waals surface area contributed by atoms with Crippen LogP contribution in [0.4, 0.5) is 8.78 Å². The van der Waals surface area contributed by atoms with E-state index in [1.54, 1.807) is 0 Å². The van der Waals surface area contributed by atoms with Crippen molar-refractivity contribution in [3.05, 3.63) is 0 Å². The van der Waals surface area contributed by atoms with Crippen LogP contribution in [0.25, 0.3) is 0 Å². The molecule has 4 aliphatic rings. The van der Waals surface area contributed by atoms with E-state index in [2.05, 4.69) is 14.1 Å². The maximum Gasteiger partial charge on any atom is 0.415 e. The number of carbonyl (C=O) groups excluding carboxylic acids is 1. The smallest absolute Gasteiger partial charge is 0.415 e. The highest BCUT2D eigenvalue weighted by molar-refractivity contribution is 7.96. The Morgan fingerprint density at radius 2 is 1.92 bits per heavy atom. The second-order valence-corrected chi connectivity index (χ2v) is 7.90. The lowest BCUT2D eigenvalue weighted by atomic mass is 9.52. The van der Waals surface area contributed by atoms with Gasteiger partial charge in [-0.15, -0.1) is 0 Å². The van der Waals surface area contributed by atoms with Gasteiger partial charge in [0.25, 0.3) is 0 Å². The Hall–Kier alpha value is -0.520. The molecule has 0 heterocycles. The summed E-state index contributed by atoms with van der Waals surface area (Å²) in [5, 5.41) is 18.8. The van der Waals surface area contributed by atoms with Crippen LogP contribution >= 0.6 is 12.0 Å². The number of aliphatic hydroxyl groups is 1. The molecule has 0 aromatic rings. The molecule has 4 fully saturated rings. The Kier molecular flexibility index (Phi) is 5.07. The first-order valence-corrected chi connectivity index (χ1v) is 8.56. The Balaban J connectivity index is 1.45. The van der Waals surface area contributed by atoms with Gasteiger partial charge in [0, 0.05) is 6.42 Å². The molecule has 7 nitrogen and oxygen atoms in total. The van der Waals surface area contributed by atoms with Crippen molar-refractivity contribution in [2.45, 2.75) is 55.0 Å². The number of hydrogen-bond acceptors (Lipinski definition) is 8. The molecule has 0 saturated heterocycles. The van der Waals surface area contributed by atoms with Crippen LogP contribution in [0.5, 0.6) is 0 Å². The number of alkyl halides is 2. The van der Waals surface area contributed by atoms with E-state index in [9.17, 15) is 23.9 Å². The summed E-state index contributed by atoms with van der Waals surface area (Å²) in [5.41, 5.74) is -1.12. The van der Waals surface area contributed by atoms with Crippen LogP contribution in [-0.4, -0.2) is 40.7 Å². The average Bonchev–Trinajstić information content (AvgIpc) is 2.47. The Morgan fingerprint density at radius 1 is 1.25 bits per heavy atom. The molecular weight excluding hydrogens is 350 g/mol. The minimum Gasteiger partial charge on any atom is -0.691 e. The summed E-state index contributed by atoms with van der Waals surface area (Å²) in [6.07, 6.45) is 4.94. The van der Waals surface area contributed by atoms with E-state index in [0.29, 0.717) is 18.3 Å². The number of rotatable bonds is 8. The van der Waals surface area contributed by atoms with Crippen LogP contribution in [0.3, 0.4) is 0 Å². The Morgan fingerprint density at radius 3 is 2.50 bits per heavy atom. The van der Waals surface area contributed by atoms with Crippen molar-refractivity contribution in [3.8, 4) is 0 Å². The Bertz CT molecular complexity index is 476. The zero-order valence-electron chi connectivity index (χ0n) is 12.9. The van der Waals surface area contributed by atoms with Gasteiger partial charge >= 0.3 is 11.2 Å². The summed E-state index contributed by atoms with van der Waals surface area (Å²) < 4.78 is 40.1. The minimum absolute atomic E-state index is 0.0269. The lowest BCUT2D eigenvalue weighted by molar-refractivity contribution is -0.777. The number of halogens is 2. The predicted octanol–water partition coefficient (Wildman–Crippen LogP) is 1.09. The molecular formula is C14H19F2O7S-. The third kappa shape index (κ3) is 3.83. The molecule has 1 N–H and O–H groups in total. The fourth-order valence-electron chi connectivity index (χ4n) is 4.87. The molecule has 10 heteroatoms. The normalized spacial score (nSPS) is 37.7.